The SMILES string of the molecule is CCCCCCOC(=O)[C@@H]1CCC(=O)N1.CCCCOC(=O)[C@@H]1CCC(=O)N1.CCCOC(=O)[C@@H]1CCC(=O)N1.CCOC(=O)[C@@H]1CCC(=O)N1.COC(=O)[C@@H]1CCC(=O)N1. The van der Waals surface area contributed by atoms with E-state index in [1.165, 1.54) is 20.0 Å². The molecule has 5 amide bonds. The topological polar surface area (TPSA) is 277 Å². The highest BCUT2D eigenvalue weighted by atomic mass is 16.5. The van der Waals surface area contributed by atoms with E-state index in [9.17, 15) is 47.9 Å². The summed E-state index contributed by atoms with van der Waals surface area (Å²) in [7, 11) is 1.31. The highest BCUT2D eigenvalue weighted by molar-refractivity contribution is 5.90. The standard InChI is InChI=1S/C11H19NO3.C9H15NO3.C8H13NO3.C7H11NO3.C6H9NO3/c1-2-3-4-5-8-15-11(14)9-6-7-10(13)12-9;1-2-3-6-13-9(12)7-4-5-8(11)10-7;1-2-5-12-8(11)6-3-4-7(10)9-6;1-2-11-7(10)5-3-4-6(9)8-5;1-10-6(9)4-2-3-5(8)7-4/h9H,2-8H2,1H3,(H,12,13);7H,2-6H2,1H3,(H,10,11);6H,2-5H2,1H3,(H,9,10);5H,2-4H2,1H3,(H,8,9);4H,2-3H2,1H3,(H,7,8)/t9-;7-;6-;5-;4-/m00000/s1. The fourth-order valence-electron chi connectivity index (χ4n) is 5.86. The summed E-state index contributed by atoms with van der Waals surface area (Å²) in [6, 6.07) is -2.00. The van der Waals surface area contributed by atoms with E-state index in [2.05, 4.69) is 38.2 Å². The number of hydrogen-bond acceptors (Lipinski definition) is 15. The lowest BCUT2D eigenvalue weighted by molar-refractivity contribution is -0.147. The van der Waals surface area contributed by atoms with Gasteiger partial charge in [-0.05, 0) is 58.3 Å². The number of hydrogen-bond donors (Lipinski definition) is 5. The molecule has 0 aromatic heterocycles. The van der Waals surface area contributed by atoms with Gasteiger partial charge in [-0.3, -0.25) is 24.0 Å². The van der Waals surface area contributed by atoms with Crippen LogP contribution in [0.5, 0.6) is 0 Å². The minimum atomic E-state index is -0.405. The number of nitrogens with one attached hydrogen (secondary N) is 5. The van der Waals surface area contributed by atoms with Crippen molar-refractivity contribution < 1.29 is 71.6 Å². The summed E-state index contributed by atoms with van der Waals surface area (Å²) >= 11 is 0. The van der Waals surface area contributed by atoms with Gasteiger partial charge in [0.05, 0.1) is 33.5 Å². The van der Waals surface area contributed by atoms with Gasteiger partial charge in [0.15, 0.2) is 0 Å². The number of unbranched alkanes of at least 4 members (excludes halogenated alkanes) is 4. The summed E-state index contributed by atoms with van der Waals surface area (Å²) in [4.78, 5) is 109. The van der Waals surface area contributed by atoms with Crippen LogP contribution in [0.25, 0.3) is 0 Å². The van der Waals surface area contributed by atoms with Crippen LogP contribution in [0.3, 0.4) is 0 Å². The Labute approximate surface area is 357 Å². The molecular weight excluding hydrogens is 802 g/mol. The van der Waals surface area contributed by atoms with Crippen LogP contribution in [0.4, 0.5) is 0 Å². The first kappa shape index (κ1) is 53.7. The molecular formula is C41H67N5O15. The summed E-state index contributed by atoms with van der Waals surface area (Å²) in [6.07, 6.45) is 12.1. The first-order valence-corrected chi connectivity index (χ1v) is 21.4. The Morgan fingerprint density at radius 1 is 0.410 bits per heavy atom. The Bertz CT molecular complexity index is 1460. The summed E-state index contributed by atoms with van der Waals surface area (Å²) < 4.78 is 24.0. The molecule has 5 heterocycles. The van der Waals surface area contributed by atoms with Crippen LogP contribution in [0, 0.1) is 0 Å². The molecule has 0 bridgehead atoms. The lowest BCUT2D eigenvalue weighted by atomic mass is 10.2. The fourth-order valence-corrected chi connectivity index (χ4v) is 5.86. The van der Waals surface area contributed by atoms with Crippen molar-refractivity contribution in [3.8, 4) is 0 Å². The lowest BCUT2D eigenvalue weighted by Crippen LogP contribution is -2.34. The second kappa shape index (κ2) is 31.6. The molecule has 0 aliphatic carbocycles. The summed E-state index contributed by atoms with van der Waals surface area (Å²) in [5.74, 6) is -1.86. The molecule has 20 heteroatoms. The van der Waals surface area contributed by atoms with E-state index in [-0.39, 0.29) is 59.4 Å². The van der Waals surface area contributed by atoms with Gasteiger partial charge >= 0.3 is 29.8 Å². The summed E-state index contributed by atoms with van der Waals surface area (Å²) in [5, 5.41) is 12.7. The maximum absolute atomic E-state index is 11.4. The predicted molar refractivity (Wildman–Crippen MR) is 217 cm³/mol. The number of carbonyl (C=O) groups excluding carboxylic acids is 10. The number of carbonyl (C=O) groups is 10. The molecule has 0 aromatic carbocycles. The summed E-state index contributed by atoms with van der Waals surface area (Å²) in [5.41, 5.74) is 0. The third-order valence-corrected chi connectivity index (χ3v) is 9.32. The van der Waals surface area contributed by atoms with Gasteiger partial charge in [0.1, 0.15) is 30.2 Å². The molecule has 20 nitrogen and oxygen atoms in total. The normalized spacial score (nSPS) is 21.9. The number of amides is 5. The van der Waals surface area contributed by atoms with E-state index in [0.717, 1.165) is 32.1 Å². The third kappa shape index (κ3) is 23.3. The van der Waals surface area contributed by atoms with Crippen molar-refractivity contribution in [1.82, 2.24) is 26.6 Å². The molecule has 0 saturated carbocycles. The van der Waals surface area contributed by atoms with Crippen LogP contribution < -0.4 is 26.6 Å². The van der Waals surface area contributed by atoms with Crippen molar-refractivity contribution in [2.24, 2.45) is 0 Å². The lowest BCUT2D eigenvalue weighted by Gasteiger charge is -2.09. The monoisotopic (exact) mass is 869 g/mol. The van der Waals surface area contributed by atoms with E-state index in [0.29, 0.717) is 90.6 Å². The van der Waals surface area contributed by atoms with E-state index in [1.807, 2.05) is 13.8 Å². The van der Waals surface area contributed by atoms with Crippen LogP contribution >= 0.6 is 0 Å². The third-order valence-electron chi connectivity index (χ3n) is 9.32. The highest BCUT2D eigenvalue weighted by Crippen LogP contribution is 2.11. The van der Waals surface area contributed by atoms with Crippen LogP contribution in [0.15, 0.2) is 0 Å². The first-order chi connectivity index (χ1) is 29.2. The molecule has 0 unspecified atom stereocenters. The van der Waals surface area contributed by atoms with Gasteiger partial charge in [0.25, 0.3) is 0 Å². The Hall–Kier alpha value is -5.30. The van der Waals surface area contributed by atoms with Gasteiger partial charge in [0, 0.05) is 32.1 Å². The van der Waals surface area contributed by atoms with Crippen molar-refractivity contribution in [2.75, 3.05) is 33.5 Å². The Morgan fingerprint density at radius 3 is 1.00 bits per heavy atom. The molecule has 0 radical (unpaired) electrons. The number of esters is 5. The molecule has 0 aromatic rings. The zero-order chi connectivity index (χ0) is 45.6. The van der Waals surface area contributed by atoms with Gasteiger partial charge in [-0.1, -0.05) is 46.5 Å². The van der Waals surface area contributed by atoms with E-state index < -0.39 is 30.2 Å². The Morgan fingerprint density at radius 2 is 0.721 bits per heavy atom. The van der Waals surface area contributed by atoms with Gasteiger partial charge in [0.2, 0.25) is 29.5 Å². The molecule has 5 aliphatic heterocycles. The van der Waals surface area contributed by atoms with Crippen molar-refractivity contribution in [3.63, 3.8) is 0 Å². The van der Waals surface area contributed by atoms with Crippen LogP contribution in [-0.2, 0) is 71.6 Å². The van der Waals surface area contributed by atoms with Gasteiger partial charge < -0.3 is 50.3 Å². The number of rotatable bonds is 16. The molecule has 5 rings (SSSR count). The van der Waals surface area contributed by atoms with E-state index in [4.69, 9.17) is 18.9 Å². The predicted octanol–water partition coefficient (Wildman–Crippen LogP) is 1.48. The Balaban J connectivity index is 0.000000384. The minimum absolute atomic E-state index is 0.0528. The average Bonchev–Trinajstić information content (AvgIpc) is 4.11. The van der Waals surface area contributed by atoms with E-state index >= 15 is 0 Å². The van der Waals surface area contributed by atoms with Crippen molar-refractivity contribution in [2.45, 2.75) is 167 Å². The molecule has 5 saturated heterocycles. The van der Waals surface area contributed by atoms with Crippen molar-refractivity contribution in [3.05, 3.63) is 0 Å². The smallest absolute Gasteiger partial charge is 0.328 e. The average molecular weight is 870 g/mol. The maximum atomic E-state index is 11.4. The zero-order valence-corrected chi connectivity index (χ0v) is 36.4. The maximum Gasteiger partial charge on any atom is 0.328 e. The molecule has 5 aliphatic rings. The Kier molecular flexibility index (Phi) is 27.8. The second-order valence-electron chi connectivity index (χ2n) is 14.5. The van der Waals surface area contributed by atoms with Gasteiger partial charge in [-0.15, -0.1) is 0 Å². The quantitative estimate of drug-likeness (QED) is 0.0835. The number of ether oxygens (including phenoxy) is 5. The first-order valence-electron chi connectivity index (χ1n) is 21.4. The van der Waals surface area contributed by atoms with Crippen molar-refractivity contribution >= 4 is 59.4 Å². The highest BCUT2D eigenvalue weighted by Gasteiger charge is 2.31. The molecule has 0 spiro atoms. The van der Waals surface area contributed by atoms with Crippen LogP contribution in [0.1, 0.15) is 137 Å². The van der Waals surface area contributed by atoms with Crippen LogP contribution in [0.2, 0.25) is 0 Å². The minimum Gasteiger partial charge on any atom is -0.467 e. The van der Waals surface area contributed by atoms with Crippen LogP contribution in [-0.4, -0.2) is 123 Å². The largest absolute Gasteiger partial charge is 0.467 e. The fraction of sp³-hybridized carbons (Fsp3) is 0.756. The van der Waals surface area contributed by atoms with Gasteiger partial charge in [-0.25, -0.2) is 24.0 Å². The summed E-state index contributed by atoms with van der Waals surface area (Å²) in [6.45, 7) is 9.59. The molecule has 5 atom stereocenters. The molecule has 346 valence electrons. The molecule has 5 fully saturated rings. The molecule has 61 heavy (non-hydrogen) atoms. The molecule has 5 N–H and O–H groups in total. The zero-order valence-electron chi connectivity index (χ0n) is 36.4. The number of methoxy groups -OCH3 is 1. The second-order valence-corrected chi connectivity index (χ2v) is 14.5. The van der Waals surface area contributed by atoms with E-state index in [1.54, 1.807) is 6.92 Å². The van der Waals surface area contributed by atoms with Crippen molar-refractivity contribution in [1.29, 1.82) is 0 Å². The van der Waals surface area contributed by atoms with Gasteiger partial charge in [-0.2, -0.15) is 0 Å².